The van der Waals surface area contributed by atoms with Crippen molar-refractivity contribution >= 4 is 17.5 Å². The van der Waals surface area contributed by atoms with Crippen LogP contribution >= 0.6 is 0 Å². The number of nitrogens with zero attached hydrogens (tertiary/aromatic N) is 5. The van der Waals surface area contributed by atoms with Crippen molar-refractivity contribution in [3.63, 3.8) is 0 Å². The summed E-state index contributed by atoms with van der Waals surface area (Å²) in [5.74, 6) is 0.552. The Labute approximate surface area is 181 Å². The molecule has 0 atom stereocenters. The predicted molar refractivity (Wildman–Crippen MR) is 117 cm³/mol. The van der Waals surface area contributed by atoms with Gasteiger partial charge in [-0.2, -0.15) is 0 Å². The lowest BCUT2D eigenvalue weighted by atomic mass is 9.91. The molecule has 0 unspecified atom stereocenters. The number of rotatable bonds is 7. The number of fused-ring (bicyclic) bond motifs is 1. The molecule has 0 bridgehead atoms. The van der Waals surface area contributed by atoms with E-state index in [0.717, 1.165) is 56.5 Å². The minimum atomic E-state index is -0.0541. The fraction of sp³-hybridized carbons (Fsp3) is 0.435. The maximum atomic E-state index is 12.5. The van der Waals surface area contributed by atoms with Crippen LogP contribution in [-0.4, -0.2) is 55.7 Å². The molecule has 0 spiro atoms. The number of amides is 2. The molecule has 2 amide bonds. The first-order valence-corrected chi connectivity index (χ1v) is 10.9. The van der Waals surface area contributed by atoms with Crippen LogP contribution in [-0.2, 0) is 0 Å². The molecule has 4 rings (SSSR count). The Hall–Kier alpha value is -3.29. The minimum absolute atomic E-state index is 0.0254. The molecule has 0 radical (unpaired) electrons. The van der Waals surface area contributed by atoms with Crippen molar-refractivity contribution in [2.75, 3.05) is 19.6 Å². The van der Waals surface area contributed by atoms with Gasteiger partial charge < -0.3 is 14.6 Å². The van der Waals surface area contributed by atoms with Crippen molar-refractivity contribution in [3.8, 4) is 0 Å². The molecule has 3 aromatic rings. The summed E-state index contributed by atoms with van der Waals surface area (Å²) < 4.78 is 1.84. The van der Waals surface area contributed by atoms with Crippen molar-refractivity contribution in [2.24, 2.45) is 5.92 Å². The Kier molecular flexibility index (Phi) is 6.54. The maximum absolute atomic E-state index is 12.5. The number of imidazole rings is 1. The van der Waals surface area contributed by atoms with E-state index in [2.05, 4.69) is 20.3 Å². The van der Waals surface area contributed by atoms with Crippen LogP contribution in [0.1, 0.15) is 58.6 Å². The summed E-state index contributed by atoms with van der Waals surface area (Å²) in [5.41, 5.74) is 2.70. The predicted octanol–water partition coefficient (Wildman–Crippen LogP) is 2.89. The topological polar surface area (TPSA) is 92.5 Å². The standard InChI is InChI=1S/C23H28N6O2/c1-17-14-27-20(15-26-17)23(31)28-11-7-18(8-12-28)4-2-3-9-25-22(30)19-5-6-21-24-10-13-29(21)16-19/h5-6,10,13-16,18H,2-4,7-9,11-12H2,1H3,(H,25,30). The Morgan fingerprint density at radius 1 is 1.10 bits per heavy atom. The van der Waals surface area contributed by atoms with E-state index in [4.69, 9.17) is 0 Å². The van der Waals surface area contributed by atoms with Gasteiger partial charge in [-0.15, -0.1) is 0 Å². The molecule has 1 aliphatic heterocycles. The van der Waals surface area contributed by atoms with Crippen LogP contribution in [0, 0.1) is 12.8 Å². The van der Waals surface area contributed by atoms with Crippen LogP contribution in [0.3, 0.4) is 0 Å². The highest BCUT2D eigenvalue weighted by Crippen LogP contribution is 2.23. The number of carbonyl (C=O) groups is 2. The lowest BCUT2D eigenvalue weighted by molar-refractivity contribution is 0.0679. The van der Waals surface area contributed by atoms with E-state index < -0.39 is 0 Å². The smallest absolute Gasteiger partial charge is 0.274 e. The number of hydrogen-bond donors (Lipinski definition) is 1. The molecule has 1 N–H and O–H groups in total. The Morgan fingerprint density at radius 3 is 2.71 bits per heavy atom. The van der Waals surface area contributed by atoms with E-state index in [-0.39, 0.29) is 11.8 Å². The Bertz CT molecular complexity index is 1040. The lowest BCUT2D eigenvalue weighted by Crippen LogP contribution is -2.39. The number of hydrogen-bond acceptors (Lipinski definition) is 5. The summed E-state index contributed by atoms with van der Waals surface area (Å²) in [6.45, 7) is 4.07. The van der Waals surface area contributed by atoms with Gasteiger partial charge in [-0.05, 0) is 44.2 Å². The molecule has 1 fully saturated rings. The molecule has 3 aromatic heterocycles. The van der Waals surface area contributed by atoms with Crippen LogP contribution < -0.4 is 5.32 Å². The molecule has 1 aliphatic rings. The summed E-state index contributed by atoms with van der Waals surface area (Å²) >= 11 is 0. The first kappa shape index (κ1) is 21.0. The summed E-state index contributed by atoms with van der Waals surface area (Å²) in [7, 11) is 0. The SMILES string of the molecule is Cc1cnc(C(=O)N2CCC(CCCCNC(=O)c3ccc4nccn4c3)CC2)cn1. The number of aromatic nitrogens is 4. The minimum Gasteiger partial charge on any atom is -0.352 e. The van der Waals surface area contributed by atoms with Crippen molar-refractivity contribution in [1.29, 1.82) is 0 Å². The van der Waals surface area contributed by atoms with Gasteiger partial charge in [-0.1, -0.05) is 12.8 Å². The van der Waals surface area contributed by atoms with Gasteiger partial charge in [-0.3, -0.25) is 14.6 Å². The molecule has 8 heteroatoms. The summed E-state index contributed by atoms with van der Waals surface area (Å²) in [4.78, 5) is 39.3. The number of pyridine rings is 1. The molecule has 0 saturated carbocycles. The average Bonchev–Trinajstić information content (AvgIpc) is 3.27. The van der Waals surface area contributed by atoms with Crippen molar-refractivity contribution < 1.29 is 9.59 Å². The van der Waals surface area contributed by atoms with Gasteiger partial charge in [-0.25, -0.2) is 9.97 Å². The highest BCUT2D eigenvalue weighted by atomic mass is 16.2. The van der Waals surface area contributed by atoms with E-state index in [9.17, 15) is 9.59 Å². The van der Waals surface area contributed by atoms with Crippen LogP contribution in [0.25, 0.3) is 5.65 Å². The quantitative estimate of drug-likeness (QED) is 0.594. The number of nitrogens with one attached hydrogen (secondary N) is 1. The van der Waals surface area contributed by atoms with E-state index in [1.165, 1.54) is 0 Å². The molecule has 162 valence electrons. The number of aryl methyl sites for hydroxylation is 1. The summed E-state index contributed by atoms with van der Waals surface area (Å²) in [6, 6.07) is 3.65. The van der Waals surface area contributed by atoms with Crippen LogP contribution in [0.4, 0.5) is 0 Å². The van der Waals surface area contributed by atoms with Gasteiger partial charge in [0, 0.05) is 44.4 Å². The van der Waals surface area contributed by atoms with Crippen LogP contribution in [0.15, 0.2) is 43.1 Å². The number of likely N-dealkylation sites (tertiary alicyclic amines) is 1. The Morgan fingerprint density at radius 2 is 1.94 bits per heavy atom. The van der Waals surface area contributed by atoms with Gasteiger partial charge in [0.1, 0.15) is 11.3 Å². The highest BCUT2D eigenvalue weighted by molar-refractivity contribution is 5.94. The van der Waals surface area contributed by atoms with E-state index in [1.807, 2.05) is 28.5 Å². The molecule has 0 aliphatic carbocycles. The van der Waals surface area contributed by atoms with Gasteiger partial charge in [0.2, 0.25) is 0 Å². The fourth-order valence-corrected chi connectivity index (χ4v) is 4.01. The zero-order chi connectivity index (χ0) is 21.6. The number of carbonyl (C=O) groups excluding carboxylic acids is 2. The number of unbranched alkanes of at least 4 members (excludes halogenated alkanes) is 1. The maximum Gasteiger partial charge on any atom is 0.274 e. The second kappa shape index (κ2) is 9.68. The third-order valence-corrected chi connectivity index (χ3v) is 5.88. The molecular formula is C23H28N6O2. The Balaban J connectivity index is 1.13. The van der Waals surface area contributed by atoms with E-state index in [1.54, 1.807) is 30.9 Å². The van der Waals surface area contributed by atoms with E-state index >= 15 is 0 Å². The average molecular weight is 421 g/mol. The molecule has 0 aromatic carbocycles. The first-order chi connectivity index (χ1) is 15.1. The molecule has 8 nitrogen and oxygen atoms in total. The molecule has 31 heavy (non-hydrogen) atoms. The largest absolute Gasteiger partial charge is 0.352 e. The summed E-state index contributed by atoms with van der Waals surface area (Å²) in [5, 5.41) is 3.00. The van der Waals surface area contributed by atoms with Crippen molar-refractivity contribution in [3.05, 3.63) is 60.1 Å². The van der Waals surface area contributed by atoms with Gasteiger partial charge in [0.05, 0.1) is 17.5 Å². The zero-order valence-corrected chi connectivity index (χ0v) is 17.8. The van der Waals surface area contributed by atoms with Crippen molar-refractivity contribution in [1.82, 2.24) is 29.6 Å². The highest BCUT2D eigenvalue weighted by Gasteiger charge is 2.24. The van der Waals surface area contributed by atoms with Crippen LogP contribution in [0.5, 0.6) is 0 Å². The second-order valence-electron chi connectivity index (χ2n) is 8.14. The van der Waals surface area contributed by atoms with E-state index in [0.29, 0.717) is 23.7 Å². The molecule has 1 saturated heterocycles. The summed E-state index contributed by atoms with van der Waals surface area (Å²) in [6.07, 6.45) is 13.7. The first-order valence-electron chi connectivity index (χ1n) is 10.9. The fourth-order valence-electron chi connectivity index (χ4n) is 4.01. The lowest BCUT2D eigenvalue weighted by Gasteiger charge is -2.31. The third kappa shape index (κ3) is 5.25. The van der Waals surface area contributed by atoms with Gasteiger partial charge in [0.25, 0.3) is 11.8 Å². The zero-order valence-electron chi connectivity index (χ0n) is 17.8. The second-order valence-corrected chi connectivity index (χ2v) is 8.14. The third-order valence-electron chi connectivity index (χ3n) is 5.88. The number of piperidine rings is 1. The molecular weight excluding hydrogens is 392 g/mol. The monoisotopic (exact) mass is 420 g/mol. The van der Waals surface area contributed by atoms with Gasteiger partial charge in [0.15, 0.2) is 0 Å². The van der Waals surface area contributed by atoms with Crippen molar-refractivity contribution in [2.45, 2.75) is 39.0 Å². The molecule has 4 heterocycles. The normalized spacial score (nSPS) is 14.7. The van der Waals surface area contributed by atoms with Gasteiger partial charge >= 0.3 is 0 Å². The van der Waals surface area contributed by atoms with Crippen LogP contribution in [0.2, 0.25) is 0 Å².